The van der Waals surface area contributed by atoms with Gasteiger partial charge in [-0.2, -0.15) is 0 Å². The topological polar surface area (TPSA) is 28.2 Å². The number of hydrogen-bond donors (Lipinski definition) is 1. The second-order valence-corrected chi connectivity index (χ2v) is 6.84. The summed E-state index contributed by atoms with van der Waals surface area (Å²) in [6, 6.07) is 4.97. The molecule has 3 nitrogen and oxygen atoms in total. The smallest absolute Gasteiger partial charge is 0.128 e. The summed E-state index contributed by atoms with van der Waals surface area (Å²) >= 11 is 0. The molecule has 1 aliphatic rings. The Balaban J connectivity index is 1.90. The zero-order valence-corrected chi connectivity index (χ0v) is 13.9. The summed E-state index contributed by atoms with van der Waals surface area (Å²) in [4.78, 5) is 7.03. The molecule has 2 heterocycles. The number of aromatic nitrogens is 1. The Kier molecular flexibility index (Phi) is 6.50. The second kappa shape index (κ2) is 8.38. The normalized spacial score (nSPS) is 17.8. The summed E-state index contributed by atoms with van der Waals surface area (Å²) < 4.78 is 0. The van der Waals surface area contributed by atoms with Gasteiger partial charge in [0.15, 0.2) is 0 Å². The molecule has 1 fully saturated rings. The number of nitrogens with zero attached hydrogens (tertiary/aromatic N) is 2. The number of pyridine rings is 1. The fourth-order valence-corrected chi connectivity index (χ4v) is 3.13. The summed E-state index contributed by atoms with van der Waals surface area (Å²) in [6.45, 7) is 10.1. The number of hydrogen-bond acceptors (Lipinski definition) is 3. The maximum absolute atomic E-state index is 4.58. The van der Waals surface area contributed by atoms with Gasteiger partial charge in [0.05, 0.1) is 0 Å². The van der Waals surface area contributed by atoms with Crippen LogP contribution in [0.5, 0.6) is 0 Å². The molecule has 0 bridgehead atoms. The molecule has 1 aromatic rings. The van der Waals surface area contributed by atoms with Gasteiger partial charge < -0.3 is 10.2 Å². The lowest BCUT2D eigenvalue weighted by atomic mass is 10.1. The van der Waals surface area contributed by atoms with E-state index in [1.807, 2.05) is 6.20 Å². The maximum Gasteiger partial charge on any atom is 0.128 e. The molecule has 1 aliphatic heterocycles. The third kappa shape index (κ3) is 5.66. The second-order valence-electron chi connectivity index (χ2n) is 6.84. The van der Waals surface area contributed by atoms with E-state index in [1.54, 1.807) is 0 Å². The Morgan fingerprint density at radius 1 is 1.14 bits per heavy atom. The Bertz CT molecular complexity index is 409. The highest BCUT2D eigenvalue weighted by atomic mass is 15.2. The van der Waals surface area contributed by atoms with Crippen LogP contribution in [0.1, 0.15) is 58.4 Å². The minimum atomic E-state index is 0.569. The van der Waals surface area contributed by atoms with E-state index >= 15 is 0 Å². The predicted molar refractivity (Wildman–Crippen MR) is 90.7 cm³/mol. The largest absolute Gasteiger partial charge is 0.357 e. The van der Waals surface area contributed by atoms with Crippen molar-refractivity contribution >= 4 is 5.82 Å². The monoisotopic (exact) mass is 289 g/mol. The van der Waals surface area contributed by atoms with Gasteiger partial charge in [0.25, 0.3) is 0 Å². The summed E-state index contributed by atoms with van der Waals surface area (Å²) in [5, 5.41) is 3.63. The van der Waals surface area contributed by atoms with Crippen molar-refractivity contribution in [2.75, 3.05) is 18.0 Å². The molecule has 1 atom stereocenters. The van der Waals surface area contributed by atoms with Gasteiger partial charge in [0.2, 0.25) is 0 Å². The highest BCUT2D eigenvalue weighted by Gasteiger charge is 2.11. The fourth-order valence-electron chi connectivity index (χ4n) is 3.13. The van der Waals surface area contributed by atoms with E-state index in [9.17, 15) is 0 Å². The van der Waals surface area contributed by atoms with Crippen molar-refractivity contribution in [3.05, 3.63) is 23.9 Å². The first-order chi connectivity index (χ1) is 10.1. The van der Waals surface area contributed by atoms with Crippen molar-refractivity contribution in [3.8, 4) is 0 Å². The summed E-state index contributed by atoms with van der Waals surface area (Å²) in [6.07, 6.45) is 8.52. The van der Waals surface area contributed by atoms with Crippen LogP contribution in [0.25, 0.3) is 0 Å². The van der Waals surface area contributed by atoms with Gasteiger partial charge in [-0.25, -0.2) is 4.98 Å². The number of nitrogens with one attached hydrogen (secondary N) is 1. The molecule has 0 aliphatic carbocycles. The average Bonchev–Trinajstić information content (AvgIpc) is 2.74. The van der Waals surface area contributed by atoms with Gasteiger partial charge in [-0.05, 0) is 49.8 Å². The van der Waals surface area contributed by atoms with E-state index in [2.05, 4.69) is 48.1 Å². The molecule has 3 heteroatoms. The molecule has 1 saturated heterocycles. The Labute approximate surface area is 130 Å². The molecular formula is C18H31N3. The van der Waals surface area contributed by atoms with Gasteiger partial charge >= 0.3 is 0 Å². The first-order valence-electron chi connectivity index (χ1n) is 8.58. The van der Waals surface area contributed by atoms with Gasteiger partial charge in [-0.1, -0.05) is 26.7 Å². The van der Waals surface area contributed by atoms with E-state index in [0.29, 0.717) is 6.04 Å². The van der Waals surface area contributed by atoms with E-state index in [0.717, 1.165) is 31.4 Å². The van der Waals surface area contributed by atoms with Crippen molar-refractivity contribution in [1.29, 1.82) is 0 Å². The molecule has 0 spiro atoms. The zero-order chi connectivity index (χ0) is 15.1. The van der Waals surface area contributed by atoms with Crippen molar-refractivity contribution in [2.45, 2.75) is 65.5 Å². The van der Waals surface area contributed by atoms with Crippen molar-refractivity contribution in [3.63, 3.8) is 0 Å². The highest BCUT2D eigenvalue weighted by Crippen LogP contribution is 2.18. The Morgan fingerprint density at radius 3 is 2.52 bits per heavy atom. The van der Waals surface area contributed by atoms with Gasteiger partial charge in [-0.15, -0.1) is 0 Å². The molecule has 1 unspecified atom stereocenters. The lowest BCUT2D eigenvalue weighted by Crippen LogP contribution is -2.27. The molecule has 0 amide bonds. The quantitative estimate of drug-likeness (QED) is 0.858. The number of rotatable bonds is 6. The third-order valence-electron chi connectivity index (χ3n) is 4.22. The molecule has 2 rings (SSSR count). The average molecular weight is 289 g/mol. The molecule has 0 radical (unpaired) electrons. The number of anilines is 1. The summed E-state index contributed by atoms with van der Waals surface area (Å²) in [7, 11) is 0. The highest BCUT2D eigenvalue weighted by molar-refractivity contribution is 5.41. The van der Waals surface area contributed by atoms with Crippen LogP contribution in [0.3, 0.4) is 0 Å². The third-order valence-corrected chi connectivity index (χ3v) is 4.22. The lowest BCUT2D eigenvalue weighted by molar-refractivity contribution is 0.441. The van der Waals surface area contributed by atoms with Crippen LogP contribution in [-0.2, 0) is 6.54 Å². The molecule has 1 aromatic heterocycles. The lowest BCUT2D eigenvalue weighted by Gasteiger charge is -2.22. The van der Waals surface area contributed by atoms with Crippen molar-refractivity contribution in [1.82, 2.24) is 10.3 Å². The molecule has 118 valence electrons. The fraction of sp³-hybridized carbons (Fsp3) is 0.722. The summed E-state index contributed by atoms with van der Waals surface area (Å²) in [5.41, 5.74) is 1.35. The first kappa shape index (κ1) is 16.3. The van der Waals surface area contributed by atoms with Gasteiger partial charge in [0, 0.05) is 31.9 Å². The van der Waals surface area contributed by atoms with Crippen LogP contribution in [-0.4, -0.2) is 24.1 Å². The van der Waals surface area contributed by atoms with E-state index in [4.69, 9.17) is 0 Å². The van der Waals surface area contributed by atoms with E-state index < -0.39 is 0 Å². The van der Waals surface area contributed by atoms with E-state index in [-0.39, 0.29) is 0 Å². The van der Waals surface area contributed by atoms with Crippen molar-refractivity contribution < 1.29 is 0 Å². The van der Waals surface area contributed by atoms with Crippen LogP contribution < -0.4 is 10.2 Å². The first-order valence-corrected chi connectivity index (χ1v) is 8.58. The summed E-state index contributed by atoms with van der Waals surface area (Å²) in [5.74, 6) is 1.91. The van der Waals surface area contributed by atoms with Crippen LogP contribution in [0.2, 0.25) is 0 Å². The van der Waals surface area contributed by atoms with Crippen LogP contribution in [0.4, 0.5) is 5.82 Å². The van der Waals surface area contributed by atoms with E-state index in [1.165, 1.54) is 37.7 Å². The maximum atomic E-state index is 4.58. The van der Waals surface area contributed by atoms with Crippen LogP contribution in [0.15, 0.2) is 18.3 Å². The Morgan fingerprint density at radius 2 is 1.86 bits per heavy atom. The minimum absolute atomic E-state index is 0.569. The standard InChI is InChI=1S/C18H31N3/c1-15(2)12-16(3)20-14-17-8-9-19-18(13-17)21-10-6-4-5-7-11-21/h8-9,13,15-16,20H,4-7,10-12,14H2,1-3H3. The van der Waals surface area contributed by atoms with Gasteiger partial charge in [-0.3, -0.25) is 0 Å². The van der Waals surface area contributed by atoms with Crippen LogP contribution >= 0.6 is 0 Å². The molecule has 0 aromatic carbocycles. The SMILES string of the molecule is CC(C)CC(C)NCc1ccnc(N2CCCCCC2)c1. The minimum Gasteiger partial charge on any atom is -0.357 e. The molecule has 21 heavy (non-hydrogen) atoms. The Hall–Kier alpha value is -1.09. The van der Waals surface area contributed by atoms with Gasteiger partial charge in [0.1, 0.15) is 5.82 Å². The molecular weight excluding hydrogens is 258 g/mol. The predicted octanol–water partition coefficient (Wildman–Crippen LogP) is 3.99. The molecule has 0 saturated carbocycles. The van der Waals surface area contributed by atoms with Crippen LogP contribution in [0, 0.1) is 5.92 Å². The zero-order valence-electron chi connectivity index (χ0n) is 13.9. The molecule has 1 N–H and O–H groups in total. The van der Waals surface area contributed by atoms with Crippen molar-refractivity contribution in [2.24, 2.45) is 5.92 Å².